The fourth-order valence-electron chi connectivity index (χ4n) is 2.48. The second kappa shape index (κ2) is 6.64. The normalized spacial score (nSPS) is 16.7. The van der Waals surface area contributed by atoms with Crippen LogP contribution in [0, 0.1) is 0 Å². The van der Waals surface area contributed by atoms with Crippen molar-refractivity contribution in [1.82, 2.24) is 4.31 Å². The molecule has 118 valence electrons. The van der Waals surface area contributed by atoms with Crippen LogP contribution in [0.5, 0.6) is 5.75 Å². The van der Waals surface area contributed by atoms with Gasteiger partial charge in [-0.3, -0.25) is 0 Å². The summed E-state index contributed by atoms with van der Waals surface area (Å²) < 4.78 is 36.6. The zero-order valence-electron chi connectivity index (χ0n) is 12.3. The smallest absolute Gasteiger partial charge is 0.217 e. The second-order valence-corrected chi connectivity index (χ2v) is 7.27. The van der Waals surface area contributed by atoms with Crippen LogP contribution in [0.2, 0.25) is 0 Å². The largest absolute Gasteiger partial charge is 0.492 e. The van der Waals surface area contributed by atoms with Crippen molar-refractivity contribution >= 4 is 20.8 Å². The van der Waals surface area contributed by atoms with Gasteiger partial charge in [0.1, 0.15) is 12.4 Å². The van der Waals surface area contributed by atoms with Crippen LogP contribution in [0.1, 0.15) is 0 Å². The van der Waals surface area contributed by atoms with E-state index in [4.69, 9.17) is 9.47 Å². The van der Waals surface area contributed by atoms with Gasteiger partial charge in [0.05, 0.1) is 19.0 Å². The highest BCUT2D eigenvalue weighted by molar-refractivity contribution is 7.89. The van der Waals surface area contributed by atoms with Crippen molar-refractivity contribution in [2.75, 3.05) is 38.7 Å². The molecule has 1 saturated heterocycles. The van der Waals surface area contributed by atoms with Crippen LogP contribution in [0.25, 0.3) is 10.8 Å². The van der Waals surface area contributed by atoms with Gasteiger partial charge < -0.3 is 9.47 Å². The van der Waals surface area contributed by atoms with E-state index in [1.807, 2.05) is 42.5 Å². The SMILES string of the molecule is O=S(=O)(CCOc1ccc2ccccc2c1)N1CCOCC1. The van der Waals surface area contributed by atoms with Crippen molar-refractivity contribution in [1.29, 1.82) is 0 Å². The first-order valence-corrected chi connectivity index (χ1v) is 8.93. The molecule has 0 N–H and O–H groups in total. The van der Waals surface area contributed by atoms with Crippen LogP contribution in [0.4, 0.5) is 0 Å². The van der Waals surface area contributed by atoms with E-state index in [2.05, 4.69) is 0 Å². The molecule has 0 atom stereocenters. The van der Waals surface area contributed by atoms with E-state index in [9.17, 15) is 8.42 Å². The lowest BCUT2D eigenvalue weighted by atomic mass is 10.1. The van der Waals surface area contributed by atoms with E-state index in [1.165, 1.54) is 4.31 Å². The molecule has 0 saturated carbocycles. The van der Waals surface area contributed by atoms with E-state index in [1.54, 1.807) is 0 Å². The van der Waals surface area contributed by atoms with Gasteiger partial charge in [0, 0.05) is 13.1 Å². The number of hydrogen-bond donors (Lipinski definition) is 0. The third-order valence-electron chi connectivity index (χ3n) is 3.69. The molecular weight excluding hydrogens is 302 g/mol. The minimum atomic E-state index is -3.27. The van der Waals surface area contributed by atoms with Gasteiger partial charge in [-0.25, -0.2) is 8.42 Å². The summed E-state index contributed by atoms with van der Waals surface area (Å²) in [5, 5.41) is 2.21. The molecule has 0 aromatic heterocycles. The molecule has 0 spiro atoms. The first-order valence-electron chi connectivity index (χ1n) is 7.32. The van der Waals surface area contributed by atoms with Gasteiger partial charge in [-0.15, -0.1) is 0 Å². The van der Waals surface area contributed by atoms with Gasteiger partial charge in [-0.05, 0) is 22.9 Å². The Hall–Kier alpha value is -1.63. The van der Waals surface area contributed by atoms with E-state index >= 15 is 0 Å². The first kappa shape index (κ1) is 15.3. The van der Waals surface area contributed by atoms with Gasteiger partial charge in [-0.1, -0.05) is 30.3 Å². The van der Waals surface area contributed by atoms with E-state index in [0.29, 0.717) is 32.1 Å². The summed E-state index contributed by atoms with van der Waals surface area (Å²) in [6, 6.07) is 13.8. The first-order chi connectivity index (χ1) is 10.6. The summed E-state index contributed by atoms with van der Waals surface area (Å²) in [7, 11) is -3.27. The summed E-state index contributed by atoms with van der Waals surface area (Å²) in [6.07, 6.45) is 0. The predicted octanol–water partition coefficient (Wildman–Crippen LogP) is 1.88. The maximum Gasteiger partial charge on any atom is 0.217 e. The van der Waals surface area contributed by atoms with Crippen molar-refractivity contribution in [2.24, 2.45) is 0 Å². The van der Waals surface area contributed by atoms with E-state index in [0.717, 1.165) is 10.8 Å². The maximum absolute atomic E-state index is 12.2. The molecule has 0 unspecified atom stereocenters. The van der Waals surface area contributed by atoms with Crippen LogP contribution < -0.4 is 4.74 Å². The average molecular weight is 321 g/mol. The highest BCUT2D eigenvalue weighted by atomic mass is 32.2. The fourth-order valence-corrected chi connectivity index (χ4v) is 3.73. The van der Waals surface area contributed by atoms with Crippen molar-refractivity contribution in [3.05, 3.63) is 42.5 Å². The molecule has 1 fully saturated rings. The molecule has 0 radical (unpaired) electrons. The van der Waals surface area contributed by atoms with Gasteiger partial charge >= 0.3 is 0 Å². The molecule has 1 aliphatic rings. The van der Waals surface area contributed by atoms with Gasteiger partial charge in [-0.2, -0.15) is 4.31 Å². The van der Waals surface area contributed by atoms with Crippen molar-refractivity contribution in [3.63, 3.8) is 0 Å². The zero-order chi connectivity index (χ0) is 15.4. The van der Waals surface area contributed by atoms with Gasteiger partial charge in [0.2, 0.25) is 10.0 Å². The Balaban J connectivity index is 1.59. The number of ether oxygens (including phenoxy) is 2. The van der Waals surface area contributed by atoms with Gasteiger partial charge in [0.15, 0.2) is 0 Å². The van der Waals surface area contributed by atoms with Crippen LogP contribution in [-0.4, -0.2) is 51.4 Å². The Morgan fingerprint density at radius 1 is 1.05 bits per heavy atom. The molecule has 1 heterocycles. The van der Waals surface area contributed by atoms with Crippen LogP contribution in [0.3, 0.4) is 0 Å². The molecule has 0 amide bonds. The topological polar surface area (TPSA) is 55.8 Å². The van der Waals surface area contributed by atoms with Crippen LogP contribution in [0.15, 0.2) is 42.5 Å². The van der Waals surface area contributed by atoms with E-state index < -0.39 is 10.0 Å². The standard InChI is InChI=1S/C16H19NO4S/c18-22(19,17-7-9-20-10-8-17)12-11-21-16-6-5-14-3-1-2-4-15(14)13-16/h1-6,13H,7-12H2. The number of nitrogens with zero attached hydrogens (tertiary/aromatic N) is 1. The van der Waals surface area contributed by atoms with Crippen molar-refractivity contribution < 1.29 is 17.9 Å². The highest BCUT2D eigenvalue weighted by Gasteiger charge is 2.23. The summed E-state index contributed by atoms with van der Waals surface area (Å²) in [5.74, 6) is 0.677. The Morgan fingerprint density at radius 2 is 1.77 bits per heavy atom. The second-order valence-electron chi connectivity index (χ2n) is 5.18. The quantitative estimate of drug-likeness (QED) is 0.844. The Bertz CT molecular complexity index is 739. The lowest BCUT2D eigenvalue weighted by molar-refractivity contribution is 0.0729. The van der Waals surface area contributed by atoms with Gasteiger partial charge in [0.25, 0.3) is 0 Å². The molecule has 22 heavy (non-hydrogen) atoms. The Labute approximate surface area is 130 Å². The summed E-state index contributed by atoms with van der Waals surface area (Å²) in [4.78, 5) is 0. The molecule has 1 aliphatic heterocycles. The third kappa shape index (κ3) is 3.58. The summed E-state index contributed by atoms with van der Waals surface area (Å²) in [5.41, 5.74) is 0. The Kier molecular flexibility index (Phi) is 4.61. The molecule has 5 nitrogen and oxygen atoms in total. The predicted molar refractivity (Wildman–Crippen MR) is 85.6 cm³/mol. The van der Waals surface area contributed by atoms with Crippen molar-refractivity contribution in [3.8, 4) is 5.75 Å². The number of sulfonamides is 1. The molecule has 6 heteroatoms. The number of fused-ring (bicyclic) bond motifs is 1. The van der Waals surface area contributed by atoms with E-state index in [-0.39, 0.29) is 12.4 Å². The molecule has 0 aliphatic carbocycles. The maximum atomic E-state index is 12.2. The molecule has 0 bridgehead atoms. The Morgan fingerprint density at radius 3 is 2.55 bits per heavy atom. The molecule has 2 aromatic rings. The minimum absolute atomic E-state index is 0.0141. The average Bonchev–Trinajstić information content (AvgIpc) is 2.55. The number of hydrogen-bond acceptors (Lipinski definition) is 4. The minimum Gasteiger partial charge on any atom is -0.492 e. The third-order valence-corrected chi connectivity index (χ3v) is 5.53. The van der Waals surface area contributed by atoms with Crippen LogP contribution >= 0.6 is 0 Å². The summed E-state index contributed by atoms with van der Waals surface area (Å²) in [6.45, 7) is 1.93. The fraction of sp³-hybridized carbons (Fsp3) is 0.375. The number of rotatable bonds is 5. The molecular formula is C16H19NO4S. The molecule has 3 rings (SSSR count). The highest BCUT2D eigenvalue weighted by Crippen LogP contribution is 2.20. The van der Waals surface area contributed by atoms with Crippen LogP contribution in [-0.2, 0) is 14.8 Å². The number of morpholine rings is 1. The summed E-state index contributed by atoms with van der Waals surface area (Å²) >= 11 is 0. The number of benzene rings is 2. The van der Waals surface area contributed by atoms with Crippen molar-refractivity contribution in [2.45, 2.75) is 0 Å². The lowest BCUT2D eigenvalue weighted by Crippen LogP contribution is -2.42. The molecule has 2 aromatic carbocycles. The monoisotopic (exact) mass is 321 g/mol. The zero-order valence-corrected chi connectivity index (χ0v) is 13.1. The lowest BCUT2D eigenvalue weighted by Gasteiger charge is -2.25.